The van der Waals surface area contributed by atoms with E-state index in [2.05, 4.69) is 19.6 Å². The van der Waals surface area contributed by atoms with Gasteiger partial charge in [0, 0.05) is 13.1 Å². The third-order valence-electron chi connectivity index (χ3n) is 2.66. The van der Waals surface area contributed by atoms with Crippen molar-refractivity contribution >= 4 is 18.7 Å². The van der Waals surface area contributed by atoms with Crippen LogP contribution >= 0.6 is 12.6 Å². The maximum absolute atomic E-state index is 11.5. The summed E-state index contributed by atoms with van der Waals surface area (Å²) in [7, 11) is 0. The van der Waals surface area contributed by atoms with E-state index >= 15 is 0 Å². The third-order valence-corrected chi connectivity index (χ3v) is 3.20. The lowest BCUT2D eigenvalue weighted by Crippen LogP contribution is -2.32. The van der Waals surface area contributed by atoms with E-state index in [-0.39, 0.29) is 6.09 Å². The maximum Gasteiger partial charge on any atom is 0.409 e. The van der Waals surface area contributed by atoms with E-state index in [1.807, 2.05) is 6.92 Å². The van der Waals surface area contributed by atoms with Crippen LogP contribution in [0.5, 0.6) is 0 Å². The summed E-state index contributed by atoms with van der Waals surface area (Å²) in [4.78, 5) is 14.4. The Morgan fingerprint density at radius 1 is 1.40 bits per heavy atom. The molecule has 0 spiro atoms. The number of carbonyl (C=O) groups is 1. The van der Waals surface area contributed by atoms with Gasteiger partial charge in [-0.1, -0.05) is 12.5 Å². The van der Waals surface area contributed by atoms with Gasteiger partial charge in [-0.3, -0.25) is 0 Å². The summed E-state index contributed by atoms with van der Waals surface area (Å²) in [6, 6.07) is 0. The zero-order chi connectivity index (χ0) is 11.3. The van der Waals surface area contributed by atoms with Crippen molar-refractivity contribution in [3.8, 4) is 0 Å². The van der Waals surface area contributed by atoms with Gasteiger partial charge in [-0.15, -0.1) is 12.6 Å². The second kappa shape index (κ2) is 6.05. The second-order valence-corrected chi connectivity index (χ2v) is 4.13. The Labute approximate surface area is 96.9 Å². The molecular formula is C11H19NO2S. The molecule has 0 fully saturated rings. The fourth-order valence-electron chi connectivity index (χ4n) is 1.72. The first-order valence-corrected chi connectivity index (χ1v) is 5.95. The monoisotopic (exact) mass is 229 g/mol. The molecule has 15 heavy (non-hydrogen) atoms. The minimum Gasteiger partial charge on any atom is -0.450 e. The highest BCUT2D eigenvalue weighted by Crippen LogP contribution is 2.23. The van der Waals surface area contributed by atoms with E-state index < -0.39 is 0 Å². The van der Waals surface area contributed by atoms with Crippen LogP contribution in [0.3, 0.4) is 0 Å². The summed E-state index contributed by atoms with van der Waals surface area (Å²) in [5.74, 6) is 0. The largest absolute Gasteiger partial charge is 0.450 e. The number of thiol groups is 1. The average Bonchev–Trinajstić information content (AvgIpc) is 2.40. The number of hydrogen-bond donors (Lipinski definition) is 1. The Bertz CT molecular complexity index is 263. The number of rotatable bonds is 2. The van der Waals surface area contributed by atoms with Crippen molar-refractivity contribution in [2.24, 2.45) is 0 Å². The van der Waals surface area contributed by atoms with Crippen molar-refractivity contribution in [3.63, 3.8) is 0 Å². The standard InChI is InChI=1S/C11H19NO2S/c1-3-9-5-7-12(8-6-10(9)15)11(13)14-4-2/h15H,3-8H2,1-2H3. The van der Waals surface area contributed by atoms with Crippen LogP contribution < -0.4 is 0 Å². The van der Waals surface area contributed by atoms with Gasteiger partial charge in [-0.2, -0.15) is 0 Å². The predicted molar refractivity (Wildman–Crippen MR) is 64.1 cm³/mol. The summed E-state index contributed by atoms with van der Waals surface area (Å²) in [6.45, 7) is 5.88. The molecule has 0 N–H and O–H groups in total. The lowest BCUT2D eigenvalue weighted by Gasteiger charge is -2.19. The van der Waals surface area contributed by atoms with Crippen LogP contribution in [0.1, 0.15) is 33.1 Å². The Balaban J connectivity index is 2.54. The Morgan fingerprint density at radius 3 is 2.67 bits per heavy atom. The highest BCUT2D eigenvalue weighted by Gasteiger charge is 2.18. The minimum atomic E-state index is -0.198. The first-order chi connectivity index (χ1) is 7.19. The molecule has 0 bridgehead atoms. The molecule has 1 rings (SSSR count). The summed E-state index contributed by atoms with van der Waals surface area (Å²) >= 11 is 4.47. The highest BCUT2D eigenvalue weighted by atomic mass is 32.1. The molecule has 0 aliphatic carbocycles. The second-order valence-electron chi connectivity index (χ2n) is 3.59. The van der Waals surface area contributed by atoms with Crippen LogP contribution in [-0.2, 0) is 4.74 Å². The quantitative estimate of drug-likeness (QED) is 0.738. The van der Waals surface area contributed by atoms with Crippen molar-refractivity contribution in [1.82, 2.24) is 4.90 Å². The highest BCUT2D eigenvalue weighted by molar-refractivity contribution is 7.84. The van der Waals surface area contributed by atoms with Gasteiger partial charge in [0.1, 0.15) is 0 Å². The van der Waals surface area contributed by atoms with E-state index in [0.29, 0.717) is 6.61 Å². The molecule has 1 heterocycles. The van der Waals surface area contributed by atoms with Gasteiger partial charge in [0.15, 0.2) is 0 Å². The van der Waals surface area contributed by atoms with E-state index in [0.717, 1.165) is 37.3 Å². The van der Waals surface area contributed by atoms with Crippen molar-refractivity contribution in [2.45, 2.75) is 33.1 Å². The fourth-order valence-corrected chi connectivity index (χ4v) is 2.09. The van der Waals surface area contributed by atoms with E-state index in [4.69, 9.17) is 4.74 Å². The lowest BCUT2D eigenvalue weighted by molar-refractivity contribution is 0.109. The third kappa shape index (κ3) is 3.45. The maximum atomic E-state index is 11.5. The molecule has 0 radical (unpaired) electrons. The molecule has 3 nitrogen and oxygen atoms in total. The van der Waals surface area contributed by atoms with E-state index in [1.165, 1.54) is 5.57 Å². The molecule has 1 aliphatic heterocycles. The molecule has 0 aromatic heterocycles. The van der Waals surface area contributed by atoms with Gasteiger partial charge in [0.2, 0.25) is 0 Å². The Hall–Kier alpha value is -0.640. The Kier molecular flexibility index (Phi) is 5.02. The topological polar surface area (TPSA) is 29.5 Å². The van der Waals surface area contributed by atoms with Crippen LogP contribution in [0, 0.1) is 0 Å². The minimum absolute atomic E-state index is 0.198. The van der Waals surface area contributed by atoms with E-state index in [9.17, 15) is 4.79 Å². The molecule has 1 amide bonds. The van der Waals surface area contributed by atoms with Gasteiger partial charge < -0.3 is 9.64 Å². The van der Waals surface area contributed by atoms with Gasteiger partial charge in [-0.25, -0.2) is 4.79 Å². The first kappa shape index (κ1) is 12.4. The van der Waals surface area contributed by atoms with Crippen LogP contribution in [0.2, 0.25) is 0 Å². The molecule has 0 saturated carbocycles. The number of nitrogens with zero attached hydrogens (tertiary/aromatic N) is 1. The molecule has 1 aliphatic rings. The number of hydrogen-bond acceptors (Lipinski definition) is 3. The summed E-state index contributed by atoms with van der Waals surface area (Å²) in [5, 5.41) is 0. The first-order valence-electron chi connectivity index (χ1n) is 5.50. The zero-order valence-electron chi connectivity index (χ0n) is 9.45. The molecule has 86 valence electrons. The van der Waals surface area contributed by atoms with Gasteiger partial charge in [0.05, 0.1) is 6.61 Å². The predicted octanol–water partition coefficient (Wildman–Crippen LogP) is 2.83. The fraction of sp³-hybridized carbons (Fsp3) is 0.727. The van der Waals surface area contributed by atoms with Gasteiger partial charge >= 0.3 is 6.09 Å². The molecule has 0 saturated heterocycles. The molecule has 0 aromatic rings. The van der Waals surface area contributed by atoms with Crippen molar-refractivity contribution < 1.29 is 9.53 Å². The normalized spacial score (nSPS) is 17.7. The Morgan fingerprint density at radius 2 is 2.07 bits per heavy atom. The summed E-state index contributed by atoms with van der Waals surface area (Å²) in [5.41, 5.74) is 1.37. The van der Waals surface area contributed by atoms with Crippen molar-refractivity contribution in [1.29, 1.82) is 0 Å². The van der Waals surface area contributed by atoms with Crippen LogP contribution in [0.15, 0.2) is 10.5 Å². The molecule has 0 unspecified atom stereocenters. The zero-order valence-corrected chi connectivity index (χ0v) is 10.3. The summed E-state index contributed by atoms with van der Waals surface area (Å²) < 4.78 is 4.98. The molecule has 0 aromatic carbocycles. The van der Waals surface area contributed by atoms with Crippen LogP contribution in [-0.4, -0.2) is 30.7 Å². The average molecular weight is 229 g/mol. The van der Waals surface area contributed by atoms with Crippen LogP contribution in [0.25, 0.3) is 0 Å². The number of carbonyl (C=O) groups excluding carboxylic acids is 1. The van der Waals surface area contributed by atoms with Crippen LogP contribution in [0.4, 0.5) is 4.79 Å². The summed E-state index contributed by atoms with van der Waals surface area (Å²) in [6.07, 6.45) is 2.60. The number of amides is 1. The molecular weight excluding hydrogens is 210 g/mol. The van der Waals surface area contributed by atoms with Crippen molar-refractivity contribution in [2.75, 3.05) is 19.7 Å². The lowest BCUT2D eigenvalue weighted by atomic mass is 10.1. The molecule has 4 heteroatoms. The van der Waals surface area contributed by atoms with Gasteiger partial charge in [-0.05, 0) is 31.1 Å². The molecule has 0 atom stereocenters. The SMILES string of the molecule is CCOC(=O)N1CCC(S)=C(CC)CC1. The van der Waals surface area contributed by atoms with E-state index in [1.54, 1.807) is 4.90 Å². The van der Waals surface area contributed by atoms with Crippen molar-refractivity contribution in [3.05, 3.63) is 10.5 Å². The smallest absolute Gasteiger partial charge is 0.409 e. The van der Waals surface area contributed by atoms with Gasteiger partial charge in [0.25, 0.3) is 0 Å². The number of ether oxygens (including phenoxy) is 1.